The molecule has 0 aromatic heterocycles. The number of carboxylic acid groups (broad SMARTS) is 1. The van der Waals surface area contributed by atoms with E-state index in [1.165, 1.54) is 7.05 Å². The highest BCUT2D eigenvalue weighted by Gasteiger charge is 2.08. The molecule has 0 radical (unpaired) electrons. The first-order valence-electron chi connectivity index (χ1n) is 3.10. The monoisotopic (exact) mass is 186 g/mol. The van der Waals surface area contributed by atoms with E-state index in [2.05, 4.69) is 16.7 Å². The van der Waals surface area contributed by atoms with Gasteiger partial charge in [0.1, 0.15) is 0 Å². The Morgan fingerprint density at radius 1 is 1.69 bits per heavy atom. The van der Waals surface area contributed by atoms with Gasteiger partial charge in [0, 0.05) is 5.97 Å². The normalized spacial score (nSPS) is 9.23. The first kappa shape index (κ1) is 13.7. The summed E-state index contributed by atoms with van der Waals surface area (Å²) in [4.78, 5) is 22.0. The van der Waals surface area contributed by atoms with Crippen LogP contribution in [0.15, 0.2) is 22.9 Å². The largest absolute Gasteiger partial charge is 0.550 e. The van der Waals surface area contributed by atoms with Crippen LogP contribution in [0.2, 0.25) is 0 Å². The van der Waals surface area contributed by atoms with Crippen LogP contribution in [0.4, 0.5) is 0 Å². The lowest BCUT2D eigenvalue weighted by Crippen LogP contribution is -2.16. The number of carbonyl (C=O) groups is 1. The summed E-state index contributed by atoms with van der Waals surface area (Å²) in [7, 11) is 1.35. The Hall–Kier alpha value is -1.92. The molecule has 1 N–H and O–H groups in total. The topological polar surface area (TPSA) is 109 Å². The van der Waals surface area contributed by atoms with E-state index in [9.17, 15) is 4.91 Å². The van der Waals surface area contributed by atoms with Crippen LogP contribution in [0.3, 0.4) is 0 Å². The van der Waals surface area contributed by atoms with E-state index in [-0.39, 0.29) is 5.96 Å². The maximum Gasteiger partial charge on any atom is 0.494 e. The van der Waals surface area contributed by atoms with Gasteiger partial charge in [0.05, 0.1) is 13.2 Å². The maximum atomic E-state index is 9.75. The van der Waals surface area contributed by atoms with Crippen molar-refractivity contribution in [1.29, 1.82) is 5.53 Å². The minimum absolute atomic E-state index is 0.204. The van der Waals surface area contributed by atoms with Gasteiger partial charge in [-0.25, -0.2) is 0 Å². The smallest absolute Gasteiger partial charge is 0.494 e. The van der Waals surface area contributed by atoms with Gasteiger partial charge in [-0.3, -0.25) is 0 Å². The number of carboxylic acids is 1. The highest BCUT2D eigenvalue weighted by Crippen LogP contribution is 1.80. The molecule has 0 spiro atoms. The molecular weight excluding hydrogens is 176 g/mol. The second-order valence-electron chi connectivity index (χ2n) is 1.75. The molecule has 0 unspecified atom stereocenters. The Labute approximate surface area is 74.9 Å². The average molecular weight is 186 g/mol. The van der Waals surface area contributed by atoms with Gasteiger partial charge in [0.15, 0.2) is 5.18 Å². The van der Waals surface area contributed by atoms with Crippen molar-refractivity contribution in [3.63, 3.8) is 0 Å². The third kappa shape index (κ3) is 13.1. The van der Waals surface area contributed by atoms with Crippen LogP contribution >= 0.6 is 0 Å². The van der Waals surface area contributed by atoms with Crippen molar-refractivity contribution in [1.82, 2.24) is 0 Å². The van der Waals surface area contributed by atoms with Crippen LogP contribution < -0.4 is 5.11 Å². The van der Waals surface area contributed by atoms with Gasteiger partial charge in [-0.15, -0.1) is 4.70 Å². The summed E-state index contributed by atoms with van der Waals surface area (Å²) in [6.45, 7) is 4.21. The van der Waals surface area contributed by atoms with E-state index >= 15 is 0 Å². The second kappa shape index (κ2) is 8.18. The first-order valence-corrected chi connectivity index (χ1v) is 3.10. The Morgan fingerprint density at radius 3 is 2.15 bits per heavy atom. The van der Waals surface area contributed by atoms with E-state index in [0.29, 0.717) is 0 Å². The standard InChI is InChI=1S/C4H7N4O.C2H4O2/c1-3-6-4(7-9)8(2)5;1-2(3)4/h3,5H,1H2,2H3;1H3,(H,3,4)/q+1;/p-1. The number of nitrogens with one attached hydrogen (secondary N) is 1. The molecule has 0 heterocycles. The summed E-state index contributed by atoms with van der Waals surface area (Å²) in [6, 6.07) is 0. The van der Waals surface area contributed by atoms with Crippen LogP contribution in [0.1, 0.15) is 6.92 Å². The summed E-state index contributed by atoms with van der Waals surface area (Å²) < 4.78 is 0.759. The van der Waals surface area contributed by atoms with Crippen LogP contribution in [-0.4, -0.2) is 23.7 Å². The molecule has 0 aliphatic rings. The van der Waals surface area contributed by atoms with Crippen molar-refractivity contribution < 1.29 is 14.6 Å². The minimum atomic E-state index is -1.08. The van der Waals surface area contributed by atoms with Crippen LogP contribution in [0, 0.1) is 10.4 Å². The predicted molar refractivity (Wildman–Crippen MR) is 43.0 cm³/mol. The average Bonchev–Trinajstić information content (AvgIpc) is 1.98. The van der Waals surface area contributed by atoms with Gasteiger partial charge in [-0.05, 0) is 6.92 Å². The molecule has 0 aromatic rings. The molecule has 0 rings (SSSR count). The number of nitroso groups, excluding NO2 is 1. The molecule has 0 aromatic carbocycles. The van der Waals surface area contributed by atoms with Crippen LogP contribution in [0.25, 0.3) is 0 Å². The molecule has 0 atom stereocenters. The lowest BCUT2D eigenvalue weighted by molar-refractivity contribution is -0.475. The predicted octanol–water partition coefficient (Wildman–Crippen LogP) is -0.318. The highest BCUT2D eigenvalue weighted by atomic mass is 16.4. The summed E-state index contributed by atoms with van der Waals surface area (Å²) >= 11 is 0. The maximum absolute atomic E-state index is 9.75. The minimum Gasteiger partial charge on any atom is -0.550 e. The number of hydrogen-bond donors (Lipinski definition) is 1. The van der Waals surface area contributed by atoms with Gasteiger partial charge < -0.3 is 9.90 Å². The van der Waals surface area contributed by atoms with Crippen LogP contribution in [0.5, 0.6) is 0 Å². The Kier molecular flexibility index (Phi) is 8.59. The van der Waals surface area contributed by atoms with Gasteiger partial charge in [-0.2, -0.15) is 5.53 Å². The third-order valence-electron chi connectivity index (χ3n) is 0.588. The van der Waals surface area contributed by atoms with Gasteiger partial charge in [0.25, 0.3) is 0 Å². The molecule has 72 valence electrons. The van der Waals surface area contributed by atoms with Gasteiger partial charge >= 0.3 is 5.96 Å². The molecule has 13 heavy (non-hydrogen) atoms. The van der Waals surface area contributed by atoms with Crippen molar-refractivity contribution >= 4 is 11.9 Å². The summed E-state index contributed by atoms with van der Waals surface area (Å²) in [6.07, 6.45) is 1.15. The fourth-order valence-corrected chi connectivity index (χ4v) is 0.253. The van der Waals surface area contributed by atoms with E-state index in [1.807, 2.05) is 0 Å². The number of rotatable bonds is 1. The zero-order valence-corrected chi connectivity index (χ0v) is 7.35. The zero-order chi connectivity index (χ0) is 10.9. The van der Waals surface area contributed by atoms with Crippen molar-refractivity contribution in [3.05, 3.63) is 17.7 Å². The van der Waals surface area contributed by atoms with Gasteiger partial charge in [0.2, 0.25) is 0 Å². The molecule has 0 aliphatic heterocycles. The fraction of sp³-hybridized carbons (Fsp3) is 0.333. The number of nitrogens with zero attached hydrogens (tertiary/aromatic N) is 3. The highest BCUT2D eigenvalue weighted by molar-refractivity contribution is 5.71. The number of guanidine groups is 1. The quantitative estimate of drug-likeness (QED) is 0.199. The SMILES string of the molecule is C=CN=C(N=O)[N+](C)=N.CC(=O)[O-]. The number of aliphatic imine (C=N–C) groups is 1. The summed E-state index contributed by atoms with van der Waals surface area (Å²) in [5.74, 6) is -1.29. The number of aliphatic carboxylic acids is 1. The zero-order valence-electron chi connectivity index (χ0n) is 7.35. The van der Waals surface area contributed by atoms with E-state index in [0.717, 1.165) is 17.8 Å². The van der Waals surface area contributed by atoms with E-state index in [4.69, 9.17) is 15.4 Å². The number of carbonyl (C=O) groups excluding carboxylic acids is 1. The fourth-order valence-electron chi connectivity index (χ4n) is 0.253. The van der Waals surface area contributed by atoms with Crippen molar-refractivity contribution in [2.24, 2.45) is 10.2 Å². The lowest BCUT2D eigenvalue weighted by atomic mass is 10.9. The molecule has 7 nitrogen and oxygen atoms in total. The lowest BCUT2D eigenvalue weighted by Gasteiger charge is -1.79. The Bertz CT molecular complexity index is 242. The van der Waals surface area contributed by atoms with Crippen molar-refractivity contribution in [2.75, 3.05) is 7.05 Å². The van der Waals surface area contributed by atoms with Crippen molar-refractivity contribution in [3.8, 4) is 0 Å². The molecule has 7 heteroatoms. The molecule has 0 saturated heterocycles. The third-order valence-corrected chi connectivity index (χ3v) is 0.588. The molecule has 0 bridgehead atoms. The second-order valence-corrected chi connectivity index (χ2v) is 1.75. The van der Waals surface area contributed by atoms with E-state index < -0.39 is 5.97 Å². The number of hydrogen-bond acceptors (Lipinski definition) is 5. The Balaban J connectivity index is 0. The van der Waals surface area contributed by atoms with E-state index in [1.54, 1.807) is 0 Å². The molecule has 0 saturated carbocycles. The molecule has 0 amide bonds. The Morgan fingerprint density at radius 2 is 2.08 bits per heavy atom. The van der Waals surface area contributed by atoms with Gasteiger partial charge in [-0.1, -0.05) is 16.5 Å². The van der Waals surface area contributed by atoms with Crippen molar-refractivity contribution in [2.45, 2.75) is 6.92 Å². The molecular formula is C6H10N4O3. The first-order chi connectivity index (χ1) is 5.95. The van der Waals surface area contributed by atoms with Crippen LogP contribution in [-0.2, 0) is 4.79 Å². The molecule has 0 aliphatic carbocycles. The molecule has 0 fully saturated rings. The summed E-state index contributed by atoms with van der Waals surface area (Å²) in [5, 5.41) is 11.3. The summed E-state index contributed by atoms with van der Waals surface area (Å²) in [5.41, 5.74) is 6.80.